The number of benzene rings is 2. The third-order valence-electron chi connectivity index (χ3n) is 8.04. The highest BCUT2D eigenvalue weighted by Crippen LogP contribution is 2.43. The molecule has 0 saturated heterocycles. The van der Waals surface area contributed by atoms with Gasteiger partial charge in [-0.2, -0.15) is 0 Å². The number of fused-ring (bicyclic) bond motifs is 3. The van der Waals surface area contributed by atoms with E-state index in [1.807, 2.05) is 56.3 Å². The summed E-state index contributed by atoms with van der Waals surface area (Å²) >= 11 is 1.48. The third-order valence-corrected chi connectivity index (χ3v) is 8.81. The Balaban J connectivity index is 1.58. The highest BCUT2D eigenvalue weighted by atomic mass is 32.2. The lowest BCUT2D eigenvalue weighted by atomic mass is 9.72. The van der Waals surface area contributed by atoms with Crippen LogP contribution in [0.15, 0.2) is 102 Å². The molecule has 1 amide bonds. The minimum Gasteiger partial charge on any atom is -0.338 e. The van der Waals surface area contributed by atoms with Crippen molar-refractivity contribution >= 4 is 40.4 Å². The smallest absolute Gasteiger partial charge is 0.213 e. The minimum atomic E-state index is -0.249. The normalized spacial score (nSPS) is 15.6. The summed E-state index contributed by atoms with van der Waals surface area (Å²) in [6, 6.07) is 20.5. The van der Waals surface area contributed by atoms with E-state index in [2.05, 4.69) is 57.1 Å². The van der Waals surface area contributed by atoms with Crippen LogP contribution in [0.3, 0.4) is 0 Å². The van der Waals surface area contributed by atoms with Gasteiger partial charge in [-0.1, -0.05) is 73.8 Å². The van der Waals surface area contributed by atoms with E-state index >= 15 is 0 Å². The molecule has 2 aliphatic rings. The first-order valence-corrected chi connectivity index (χ1v) is 15.7. The second-order valence-electron chi connectivity index (χ2n) is 10.7. The van der Waals surface area contributed by atoms with Gasteiger partial charge in [-0.05, 0) is 67.8 Å². The Kier molecular flexibility index (Phi) is 8.32. The molecule has 9 heteroatoms. The van der Waals surface area contributed by atoms with Gasteiger partial charge in [0.2, 0.25) is 6.41 Å². The summed E-state index contributed by atoms with van der Waals surface area (Å²) in [5.74, 6) is 2.29. The van der Waals surface area contributed by atoms with Crippen LogP contribution in [0, 0.1) is 0 Å². The topological polar surface area (TPSA) is 110 Å². The van der Waals surface area contributed by atoms with Crippen molar-refractivity contribution in [2.24, 2.45) is 10.7 Å². The largest absolute Gasteiger partial charge is 0.338 e. The van der Waals surface area contributed by atoms with Gasteiger partial charge in [-0.25, -0.2) is 15.0 Å². The first-order chi connectivity index (χ1) is 21.5. The van der Waals surface area contributed by atoms with Crippen molar-refractivity contribution < 1.29 is 4.79 Å². The average molecular weight is 602 g/mol. The lowest BCUT2D eigenvalue weighted by Gasteiger charge is -2.38. The fourth-order valence-corrected chi connectivity index (χ4v) is 6.27. The van der Waals surface area contributed by atoms with Gasteiger partial charge < -0.3 is 16.4 Å². The van der Waals surface area contributed by atoms with Gasteiger partial charge in [0.25, 0.3) is 0 Å². The summed E-state index contributed by atoms with van der Waals surface area (Å²) in [4.78, 5) is 25.7. The van der Waals surface area contributed by atoms with Crippen LogP contribution in [-0.2, 0) is 10.3 Å². The maximum absolute atomic E-state index is 11.1. The molecule has 1 aliphatic carbocycles. The molecule has 44 heavy (non-hydrogen) atoms. The van der Waals surface area contributed by atoms with Crippen LogP contribution in [0.2, 0.25) is 0 Å². The summed E-state index contributed by atoms with van der Waals surface area (Å²) in [5.41, 5.74) is 14.7. The van der Waals surface area contributed by atoms with Gasteiger partial charge in [0.05, 0.1) is 28.5 Å². The number of nitrogens with one attached hydrogen (secondary N) is 2. The Morgan fingerprint density at radius 2 is 1.91 bits per heavy atom. The van der Waals surface area contributed by atoms with Crippen LogP contribution < -0.4 is 16.4 Å². The van der Waals surface area contributed by atoms with Crippen molar-refractivity contribution in [1.82, 2.24) is 19.9 Å². The molecule has 4 aromatic rings. The predicted octanol–water partition coefficient (Wildman–Crippen LogP) is 7.32. The zero-order chi connectivity index (χ0) is 30.7. The van der Waals surface area contributed by atoms with E-state index in [1.165, 1.54) is 11.8 Å². The molecule has 0 radical (unpaired) electrons. The van der Waals surface area contributed by atoms with Crippen molar-refractivity contribution in [3.63, 3.8) is 0 Å². The number of nitrogens with zero attached hydrogens (tertiary/aromatic N) is 4. The lowest BCUT2D eigenvalue weighted by molar-refractivity contribution is -0.108. The molecule has 2 aromatic heterocycles. The molecule has 0 atom stereocenters. The zero-order valence-corrected chi connectivity index (χ0v) is 25.7. The van der Waals surface area contributed by atoms with Crippen molar-refractivity contribution in [2.45, 2.75) is 38.6 Å². The number of aromatic nitrogens is 3. The Morgan fingerprint density at radius 1 is 1.16 bits per heavy atom. The standard InChI is InChI=1S/C35H35N7OS/c1-4-9-27-28(5-2)40-32-29(10-7-21-37-32)42-31(24-11-15-25(16-12-24)35(36)19-8-20-35)30(41-33(27)42)23-13-17-26(18-14-23)39-34(38-22-43)44-6-3/h4-5,7,9-18,21-22H,2,6,8,19-20,36H2,1,3H3,(H,37,40)(H,38,39,43)/b9-4-. The number of pyridine rings is 1. The lowest BCUT2D eigenvalue weighted by Crippen LogP contribution is -2.43. The first-order valence-electron chi connectivity index (χ1n) is 14.8. The molecule has 0 bridgehead atoms. The van der Waals surface area contributed by atoms with E-state index in [1.54, 1.807) is 12.3 Å². The maximum Gasteiger partial charge on any atom is 0.213 e. The van der Waals surface area contributed by atoms with Crippen molar-refractivity contribution in [1.29, 1.82) is 0 Å². The van der Waals surface area contributed by atoms with Crippen LogP contribution in [0.1, 0.15) is 44.5 Å². The molecule has 2 aromatic carbocycles. The van der Waals surface area contributed by atoms with Crippen molar-refractivity contribution in [2.75, 3.05) is 11.1 Å². The first kappa shape index (κ1) is 29.3. The molecule has 6 rings (SSSR count). The van der Waals surface area contributed by atoms with E-state index in [4.69, 9.17) is 15.7 Å². The van der Waals surface area contributed by atoms with Gasteiger partial charge in [-0.3, -0.25) is 9.36 Å². The van der Waals surface area contributed by atoms with E-state index in [0.717, 1.165) is 81.6 Å². The molecule has 0 spiro atoms. The summed E-state index contributed by atoms with van der Waals surface area (Å²) < 4.78 is 2.18. The fraction of sp³-hybridized carbons (Fsp3) is 0.200. The number of hydrogen-bond acceptors (Lipinski definition) is 7. The quantitative estimate of drug-likeness (QED) is 0.111. The highest BCUT2D eigenvalue weighted by molar-refractivity contribution is 8.13. The van der Waals surface area contributed by atoms with E-state index in [9.17, 15) is 4.79 Å². The molecule has 0 unspecified atom stereocenters. The number of hydrogen-bond donors (Lipinski definition) is 3. The molecule has 222 valence electrons. The number of thioether (sulfide) groups is 1. The Hall–Kier alpha value is -4.73. The molecule has 4 N–H and O–H groups in total. The van der Waals surface area contributed by atoms with E-state index in [-0.39, 0.29) is 5.54 Å². The predicted molar refractivity (Wildman–Crippen MR) is 182 cm³/mol. The van der Waals surface area contributed by atoms with Gasteiger partial charge in [0.15, 0.2) is 11.0 Å². The van der Waals surface area contributed by atoms with Crippen LogP contribution in [0.4, 0.5) is 11.5 Å². The third kappa shape index (κ3) is 5.40. The average Bonchev–Trinajstić information content (AvgIpc) is 3.37. The monoisotopic (exact) mass is 601 g/mol. The fourth-order valence-electron chi connectivity index (χ4n) is 5.69. The number of carbonyl (C=O) groups excluding carboxylic acids is 1. The van der Waals surface area contributed by atoms with Crippen LogP contribution in [0.5, 0.6) is 0 Å². The van der Waals surface area contributed by atoms with Crippen LogP contribution in [-0.4, -0.2) is 31.9 Å². The van der Waals surface area contributed by atoms with Gasteiger partial charge in [0, 0.05) is 28.4 Å². The van der Waals surface area contributed by atoms with Gasteiger partial charge >= 0.3 is 0 Å². The summed E-state index contributed by atoms with van der Waals surface area (Å²) in [6.07, 6.45) is 11.4. The molecule has 8 nitrogen and oxygen atoms in total. The second-order valence-corrected chi connectivity index (χ2v) is 12.0. The second kappa shape index (κ2) is 12.5. The number of rotatable bonds is 8. The maximum atomic E-state index is 11.1. The molecule has 1 fully saturated rings. The number of allylic oxidation sites excluding steroid dienone is 4. The van der Waals surface area contributed by atoms with E-state index < -0.39 is 0 Å². The molecule has 1 saturated carbocycles. The Morgan fingerprint density at radius 3 is 2.55 bits per heavy atom. The highest BCUT2D eigenvalue weighted by Gasteiger charge is 2.34. The van der Waals surface area contributed by atoms with Crippen molar-refractivity contribution in [3.05, 3.63) is 109 Å². The van der Waals surface area contributed by atoms with Crippen LogP contribution >= 0.6 is 11.8 Å². The Labute approximate surface area is 261 Å². The Bertz CT molecular complexity index is 1800. The van der Waals surface area contributed by atoms with E-state index in [0.29, 0.717) is 17.4 Å². The summed E-state index contributed by atoms with van der Waals surface area (Å²) in [5, 5.41) is 6.72. The number of carbonyl (C=O) groups is 1. The molecule has 1 aliphatic heterocycles. The van der Waals surface area contributed by atoms with Crippen LogP contribution in [0.25, 0.3) is 33.8 Å². The number of imidazole rings is 1. The number of amides is 1. The minimum absolute atomic E-state index is 0.249. The van der Waals surface area contributed by atoms with Crippen molar-refractivity contribution in [3.8, 4) is 28.2 Å². The molecular formula is C35H35N7OS. The zero-order valence-electron chi connectivity index (χ0n) is 24.9. The summed E-state index contributed by atoms with van der Waals surface area (Å²) in [6.45, 7) is 8.09. The number of nitrogens with two attached hydrogens (primary N) is 1. The van der Waals surface area contributed by atoms with Gasteiger partial charge in [0.1, 0.15) is 5.82 Å². The summed E-state index contributed by atoms with van der Waals surface area (Å²) in [7, 11) is 0. The van der Waals surface area contributed by atoms with Gasteiger partial charge in [-0.15, -0.1) is 0 Å². The number of amidine groups is 1. The molecular weight excluding hydrogens is 567 g/mol. The number of aliphatic imine (C=N–C) groups is 1. The molecule has 3 heterocycles. The number of anilines is 1. The SMILES string of the molecule is C=CC1=C(/C=C\C)c2nc(-c3ccc(N=C(NC=O)SCC)cc3)c(-c3ccc(C4(N)CCC4)cc3)n2-c2cccnc2N1.